The molecule has 5 N–H and O–H groups in total. The third kappa shape index (κ3) is 4.37. The summed E-state index contributed by atoms with van der Waals surface area (Å²) in [6.45, 7) is 6.01. The quantitative estimate of drug-likeness (QED) is 0.565. The van der Waals surface area contributed by atoms with Crippen LogP contribution in [0.15, 0.2) is 39.9 Å². The van der Waals surface area contributed by atoms with E-state index < -0.39 is 17.2 Å². The number of benzene rings is 1. The molecule has 2 heterocycles. The molecule has 1 aromatic heterocycles. The molecule has 1 fully saturated rings. The van der Waals surface area contributed by atoms with Crippen LogP contribution in [0.2, 0.25) is 0 Å². The lowest BCUT2D eigenvalue weighted by atomic mass is 10.2. The number of nitrogens with one attached hydrogen (secondary N) is 3. The van der Waals surface area contributed by atoms with Gasteiger partial charge in [0.2, 0.25) is 0 Å². The van der Waals surface area contributed by atoms with Crippen molar-refractivity contribution in [1.82, 2.24) is 20.2 Å². The fourth-order valence-corrected chi connectivity index (χ4v) is 3.19. The number of aromatic nitrogens is 2. The Morgan fingerprint density at radius 2 is 1.81 bits per heavy atom. The molecule has 0 radical (unpaired) electrons. The van der Waals surface area contributed by atoms with E-state index in [1.54, 1.807) is 0 Å². The summed E-state index contributed by atoms with van der Waals surface area (Å²) in [4.78, 5) is 44.0. The summed E-state index contributed by atoms with van der Waals surface area (Å²) >= 11 is 0. The predicted molar refractivity (Wildman–Crippen MR) is 104 cm³/mol. The molecule has 1 saturated heterocycles. The fourth-order valence-electron chi connectivity index (χ4n) is 3.19. The Balaban J connectivity index is 1.53. The van der Waals surface area contributed by atoms with Gasteiger partial charge < -0.3 is 20.9 Å². The van der Waals surface area contributed by atoms with Crippen LogP contribution in [0.5, 0.6) is 0 Å². The molecule has 0 bridgehead atoms. The summed E-state index contributed by atoms with van der Waals surface area (Å²) in [5, 5.41) is 2.74. The summed E-state index contributed by atoms with van der Waals surface area (Å²) in [7, 11) is 0. The van der Waals surface area contributed by atoms with Crippen molar-refractivity contribution in [2.45, 2.75) is 13.0 Å². The molecule has 1 aromatic carbocycles. The molecular formula is C18H24N6O3. The van der Waals surface area contributed by atoms with Crippen LogP contribution < -0.4 is 27.2 Å². The van der Waals surface area contributed by atoms with Crippen molar-refractivity contribution in [3.8, 4) is 0 Å². The van der Waals surface area contributed by atoms with Gasteiger partial charge in [-0.1, -0.05) is 18.2 Å². The first-order valence-electron chi connectivity index (χ1n) is 8.90. The van der Waals surface area contributed by atoms with Gasteiger partial charge in [-0.15, -0.1) is 0 Å². The number of carbonyl (C=O) groups is 1. The van der Waals surface area contributed by atoms with Gasteiger partial charge in [0, 0.05) is 44.5 Å². The normalized spacial score (nSPS) is 16.1. The summed E-state index contributed by atoms with van der Waals surface area (Å²) in [5.41, 5.74) is 4.77. The maximum Gasteiger partial charge on any atom is 0.326 e. The lowest BCUT2D eigenvalue weighted by Crippen LogP contribution is -2.52. The molecule has 1 amide bonds. The second-order valence-corrected chi connectivity index (χ2v) is 6.61. The fraction of sp³-hybridized carbons (Fsp3) is 0.389. The maximum absolute atomic E-state index is 12.3. The second kappa shape index (κ2) is 8.09. The zero-order chi connectivity index (χ0) is 19.4. The van der Waals surface area contributed by atoms with Gasteiger partial charge in [0.25, 0.3) is 11.5 Å². The number of aromatic amines is 2. The molecule has 1 aliphatic rings. The molecule has 0 unspecified atom stereocenters. The van der Waals surface area contributed by atoms with E-state index in [9.17, 15) is 14.4 Å². The third-order valence-electron chi connectivity index (χ3n) is 4.82. The molecule has 0 aliphatic carbocycles. The number of anilines is 2. The molecule has 9 heteroatoms. The van der Waals surface area contributed by atoms with E-state index in [4.69, 9.17) is 5.73 Å². The molecule has 1 atom stereocenters. The predicted octanol–water partition coefficient (Wildman–Crippen LogP) is -0.414. The zero-order valence-electron chi connectivity index (χ0n) is 15.2. The van der Waals surface area contributed by atoms with E-state index in [-0.39, 0.29) is 17.4 Å². The summed E-state index contributed by atoms with van der Waals surface area (Å²) in [5.74, 6) is -0.564. The Hall–Kier alpha value is -3.07. The number of piperazine rings is 1. The first-order chi connectivity index (χ1) is 13.0. The second-order valence-electron chi connectivity index (χ2n) is 6.61. The highest BCUT2D eigenvalue weighted by atomic mass is 16.2. The van der Waals surface area contributed by atoms with Crippen LogP contribution in [-0.2, 0) is 0 Å². The van der Waals surface area contributed by atoms with Crippen LogP contribution in [0.1, 0.15) is 17.4 Å². The minimum Gasteiger partial charge on any atom is -0.392 e. The van der Waals surface area contributed by atoms with Gasteiger partial charge in [0.05, 0.1) is 0 Å². The van der Waals surface area contributed by atoms with E-state index in [0.717, 1.165) is 26.2 Å². The average Bonchev–Trinajstić information content (AvgIpc) is 2.69. The average molecular weight is 372 g/mol. The van der Waals surface area contributed by atoms with Gasteiger partial charge in [-0.05, 0) is 19.1 Å². The Labute approximate surface area is 156 Å². The number of nitrogens with zero attached hydrogens (tertiary/aromatic N) is 2. The highest BCUT2D eigenvalue weighted by Gasteiger charge is 2.22. The summed E-state index contributed by atoms with van der Waals surface area (Å²) < 4.78 is 0. The van der Waals surface area contributed by atoms with Gasteiger partial charge in [0.1, 0.15) is 11.4 Å². The number of H-pyrrole nitrogens is 2. The van der Waals surface area contributed by atoms with Crippen LogP contribution in [0.3, 0.4) is 0 Å². The lowest BCUT2D eigenvalue weighted by Gasteiger charge is -2.39. The summed E-state index contributed by atoms with van der Waals surface area (Å²) in [6.07, 6.45) is 0. The number of para-hydroxylation sites is 1. The highest BCUT2D eigenvalue weighted by molar-refractivity contribution is 5.96. The number of nitrogen functional groups attached to an aromatic ring is 1. The van der Waals surface area contributed by atoms with Crippen molar-refractivity contribution in [3.63, 3.8) is 0 Å². The van der Waals surface area contributed by atoms with Crippen molar-refractivity contribution in [1.29, 1.82) is 0 Å². The van der Waals surface area contributed by atoms with E-state index in [1.807, 2.05) is 30.1 Å². The Morgan fingerprint density at radius 3 is 2.48 bits per heavy atom. The van der Waals surface area contributed by atoms with Gasteiger partial charge in [-0.2, -0.15) is 0 Å². The number of rotatable bonds is 5. The molecule has 2 aromatic rings. The minimum atomic E-state index is -0.769. The Kier molecular flexibility index (Phi) is 5.60. The van der Waals surface area contributed by atoms with Crippen LogP contribution >= 0.6 is 0 Å². The molecule has 144 valence electrons. The van der Waals surface area contributed by atoms with Gasteiger partial charge in [-0.25, -0.2) is 4.79 Å². The highest BCUT2D eigenvalue weighted by Crippen LogP contribution is 2.16. The van der Waals surface area contributed by atoms with Crippen molar-refractivity contribution >= 4 is 17.3 Å². The number of carbonyl (C=O) groups excluding carboxylic acids is 1. The molecule has 3 rings (SSSR count). The first-order valence-corrected chi connectivity index (χ1v) is 8.90. The molecule has 9 nitrogen and oxygen atoms in total. The van der Waals surface area contributed by atoms with Crippen LogP contribution in [0.4, 0.5) is 11.4 Å². The molecule has 27 heavy (non-hydrogen) atoms. The number of amides is 1. The first kappa shape index (κ1) is 18.7. The monoisotopic (exact) mass is 372 g/mol. The van der Waals surface area contributed by atoms with Crippen LogP contribution in [0.25, 0.3) is 0 Å². The van der Waals surface area contributed by atoms with Gasteiger partial charge in [0.15, 0.2) is 0 Å². The molecule has 0 spiro atoms. The van der Waals surface area contributed by atoms with E-state index in [0.29, 0.717) is 6.54 Å². The minimum absolute atomic E-state index is 0.113. The van der Waals surface area contributed by atoms with Crippen molar-refractivity contribution in [2.24, 2.45) is 0 Å². The molecule has 1 aliphatic heterocycles. The maximum atomic E-state index is 12.3. The SMILES string of the molecule is C[C@@H](CNC(=O)c1[nH]c(=O)[nH]c(=O)c1N)N1CCN(c2ccccc2)CC1. The standard InChI is InChI=1S/C18H24N6O3/c1-12(11-20-17(26)15-14(19)16(25)22-18(27)21-15)23-7-9-24(10-8-23)13-5-3-2-4-6-13/h2-6,12H,7-11,19H2,1H3,(H,20,26)(H2,21,22,25,27)/t12-/m0/s1. The number of hydrogen-bond donors (Lipinski definition) is 4. The number of hydrogen-bond acceptors (Lipinski definition) is 6. The third-order valence-corrected chi connectivity index (χ3v) is 4.82. The van der Waals surface area contributed by atoms with Gasteiger partial charge in [-0.3, -0.25) is 19.5 Å². The van der Waals surface area contributed by atoms with E-state index in [1.165, 1.54) is 5.69 Å². The van der Waals surface area contributed by atoms with Crippen molar-refractivity contribution in [3.05, 3.63) is 56.9 Å². The largest absolute Gasteiger partial charge is 0.392 e. The van der Waals surface area contributed by atoms with Crippen molar-refractivity contribution < 1.29 is 4.79 Å². The van der Waals surface area contributed by atoms with Crippen LogP contribution in [0, 0.1) is 0 Å². The zero-order valence-corrected chi connectivity index (χ0v) is 15.2. The van der Waals surface area contributed by atoms with E-state index in [2.05, 4.69) is 32.2 Å². The Morgan fingerprint density at radius 1 is 1.15 bits per heavy atom. The topological polar surface area (TPSA) is 127 Å². The number of nitrogens with two attached hydrogens (primary N) is 1. The lowest BCUT2D eigenvalue weighted by molar-refractivity contribution is 0.0929. The van der Waals surface area contributed by atoms with E-state index >= 15 is 0 Å². The smallest absolute Gasteiger partial charge is 0.326 e. The van der Waals surface area contributed by atoms with Gasteiger partial charge >= 0.3 is 5.69 Å². The van der Waals surface area contributed by atoms with Crippen LogP contribution in [-0.4, -0.2) is 59.5 Å². The van der Waals surface area contributed by atoms with Crippen molar-refractivity contribution in [2.75, 3.05) is 43.4 Å². The molecule has 0 saturated carbocycles. The summed E-state index contributed by atoms with van der Waals surface area (Å²) in [6, 6.07) is 10.4. The molecular weight excluding hydrogens is 348 g/mol. The Bertz CT molecular complexity index is 899.